The van der Waals surface area contributed by atoms with E-state index in [1.807, 2.05) is 23.6 Å². The molecule has 0 aliphatic carbocycles. The Kier molecular flexibility index (Phi) is 6.61. The van der Waals surface area contributed by atoms with Crippen molar-refractivity contribution in [3.8, 4) is 0 Å². The third-order valence-corrected chi connectivity index (χ3v) is 4.88. The van der Waals surface area contributed by atoms with E-state index in [4.69, 9.17) is 4.74 Å². The SMILES string of the molecule is COCCn1cnnc1SC(C)C(=O)Nc1ccc(C(C)(C)C)cc1. The topological polar surface area (TPSA) is 69.0 Å². The molecule has 6 nitrogen and oxygen atoms in total. The van der Waals surface area contributed by atoms with Gasteiger partial charge in [-0.05, 0) is 30.0 Å². The Balaban J connectivity index is 1.95. The molecule has 7 heteroatoms. The summed E-state index contributed by atoms with van der Waals surface area (Å²) < 4.78 is 6.96. The van der Waals surface area contributed by atoms with Gasteiger partial charge in [0, 0.05) is 19.3 Å². The van der Waals surface area contributed by atoms with Crippen molar-refractivity contribution >= 4 is 23.4 Å². The second-order valence-corrected chi connectivity index (χ2v) is 8.18. The van der Waals surface area contributed by atoms with Crippen molar-refractivity contribution in [1.82, 2.24) is 14.8 Å². The Bertz CT molecular complexity index is 692. The van der Waals surface area contributed by atoms with Gasteiger partial charge >= 0.3 is 0 Å². The summed E-state index contributed by atoms with van der Waals surface area (Å²) in [5.41, 5.74) is 2.13. The number of anilines is 1. The number of nitrogens with zero attached hydrogens (tertiary/aromatic N) is 3. The molecule has 1 unspecified atom stereocenters. The fraction of sp³-hybridized carbons (Fsp3) is 0.500. The van der Waals surface area contributed by atoms with E-state index < -0.39 is 0 Å². The number of carbonyl (C=O) groups is 1. The zero-order valence-corrected chi connectivity index (χ0v) is 16.3. The Morgan fingerprint density at radius 1 is 1.32 bits per heavy atom. The molecule has 25 heavy (non-hydrogen) atoms. The summed E-state index contributed by atoms with van der Waals surface area (Å²) in [6, 6.07) is 7.98. The Labute approximate surface area is 153 Å². The van der Waals surface area contributed by atoms with E-state index in [0.29, 0.717) is 18.3 Å². The molecule has 1 aromatic heterocycles. The first-order valence-corrected chi connectivity index (χ1v) is 9.14. The first-order valence-electron chi connectivity index (χ1n) is 8.26. The summed E-state index contributed by atoms with van der Waals surface area (Å²) in [4.78, 5) is 12.4. The fourth-order valence-corrected chi connectivity index (χ4v) is 3.04. The molecule has 0 saturated heterocycles. The Hall–Kier alpha value is -1.86. The van der Waals surface area contributed by atoms with Crippen LogP contribution in [0, 0.1) is 0 Å². The molecule has 1 N–H and O–H groups in total. The predicted molar refractivity (Wildman–Crippen MR) is 101 cm³/mol. The number of hydrogen-bond donors (Lipinski definition) is 1. The number of nitrogens with one attached hydrogen (secondary N) is 1. The quantitative estimate of drug-likeness (QED) is 0.765. The second kappa shape index (κ2) is 8.49. The minimum Gasteiger partial charge on any atom is -0.383 e. The average molecular weight is 362 g/mol. The first-order chi connectivity index (χ1) is 11.8. The maximum Gasteiger partial charge on any atom is 0.237 e. The van der Waals surface area contributed by atoms with Gasteiger partial charge in [0.2, 0.25) is 5.91 Å². The summed E-state index contributed by atoms with van der Waals surface area (Å²) in [6.45, 7) is 9.59. The highest BCUT2D eigenvalue weighted by Gasteiger charge is 2.18. The van der Waals surface area contributed by atoms with E-state index in [1.54, 1.807) is 13.4 Å². The maximum atomic E-state index is 12.4. The zero-order valence-electron chi connectivity index (χ0n) is 15.4. The van der Waals surface area contributed by atoms with Gasteiger partial charge in [0.15, 0.2) is 5.16 Å². The van der Waals surface area contributed by atoms with Crippen LogP contribution in [-0.2, 0) is 21.5 Å². The van der Waals surface area contributed by atoms with Crippen LogP contribution in [-0.4, -0.2) is 39.6 Å². The van der Waals surface area contributed by atoms with E-state index >= 15 is 0 Å². The number of ether oxygens (including phenoxy) is 1. The van der Waals surface area contributed by atoms with Crippen LogP contribution >= 0.6 is 11.8 Å². The van der Waals surface area contributed by atoms with Crippen LogP contribution in [0.4, 0.5) is 5.69 Å². The van der Waals surface area contributed by atoms with Crippen molar-refractivity contribution in [2.24, 2.45) is 0 Å². The van der Waals surface area contributed by atoms with E-state index in [9.17, 15) is 4.79 Å². The molecule has 2 rings (SSSR count). The molecule has 0 spiro atoms. The third-order valence-electron chi connectivity index (χ3n) is 3.79. The van der Waals surface area contributed by atoms with E-state index in [-0.39, 0.29) is 16.6 Å². The molecule has 2 aromatic rings. The van der Waals surface area contributed by atoms with Gasteiger partial charge < -0.3 is 14.6 Å². The Morgan fingerprint density at radius 2 is 2.00 bits per heavy atom. The van der Waals surface area contributed by atoms with Crippen molar-refractivity contribution in [3.63, 3.8) is 0 Å². The molecule has 0 saturated carbocycles. The maximum absolute atomic E-state index is 12.4. The van der Waals surface area contributed by atoms with Crippen LogP contribution in [0.25, 0.3) is 0 Å². The molecule has 0 bridgehead atoms. The number of hydrogen-bond acceptors (Lipinski definition) is 5. The summed E-state index contributed by atoms with van der Waals surface area (Å²) in [5.74, 6) is -0.0604. The first kappa shape index (κ1) is 19.5. The third kappa shape index (κ3) is 5.57. The summed E-state index contributed by atoms with van der Waals surface area (Å²) in [5, 5.41) is 11.4. The van der Waals surface area contributed by atoms with Crippen LogP contribution in [0.1, 0.15) is 33.3 Å². The summed E-state index contributed by atoms with van der Waals surface area (Å²) in [7, 11) is 1.65. The van der Waals surface area contributed by atoms with E-state index in [1.165, 1.54) is 17.3 Å². The second-order valence-electron chi connectivity index (χ2n) is 6.88. The minimum absolute atomic E-state index is 0.0604. The highest BCUT2D eigenvalue weighted by Crippen LogP contribution is 2.25. The molecule has 136 valence electrons. The van der Waals surface area contributed by atoms with Crippen LogP contribution in [0.15, 0.2) is 35.7 Å². The average Bonchev–Trinajstić information content (AvgIpc) is 2.99. The number of benzene rings is 1. The summed E-state index contributed by atoms with van der Waals surface area (Å²) >= 11 is 1.38. The summed E-state index contributed by atoms with van der Waals surface area (Å²) in [6.07, 6.45) is 1.65. The van der Waals surface area contributed by atoms with Crippen molar-refractivity contribution in [2.45, 2.75) is 50.1 Å². The van der Waals surface area contributed by atoms with Crippen molar-refractivity contribution < 1.29 is 9.53 Å². The lowest BCUT2D eigenvalue weighted by molar-refractivity contribution is -0.115. The molecule has 1 aromatic carbocycles. The van der Waals surface area contributed by atoms with Gasteiger partial charge in [-0.3, -0.25) is 4.79 Å². The minimum atomic E-state index is -0.284. The highest BCUT2D eigenvalue weighted by molar-refractivity contribution is 8.00. The van der Waals surface area contributed by atoms with Gasteiger partial charge in [-0.1, -0.05) is 44.7 Å². The molecular weight excluding hydrogens is 336 g/mol. The molecule has 1 amide bonds. The standard InChI is InChI=1S/C18H26N4O2S/c1-13(25-17-21-19-12-22(17)10-11-24-5)16(23)20-15-8-6-14(7-9-15)18(2,3)4/h6-9,12-13H,10-11H2,1-5H3,(H,20,23). The fourth-order valence-electron chi connectivity index (χ4n) is 2.19. The van der Waals surface area contributed by atoms with Crippen LogP contribution < -0.4 is 5.32 Å². The van der Waals surface area contributed by atoms with Gasteiger partial charge in [-0.15, -0.1) is 10.2 Å². The smallest absolute Gasteiger partial charge is 0.237 e. The number of methoxy groups -OCH3 is 1. The van der Waals surface area contributed by atoms with Gasteiger partial charge in [0.25, 0.3) is 0 Å². The molecule has 0 radical (unpaired) electrons. The molecule has 1 heterocycles. The van der Waals surface area contributed by atoms with Crippen molar-refractivity contribution in [2.75, 3.05) is 19.0 Å². The van der Waals surface area contributed by atoms with Crippen LogP contribution in [0.2, 0.25) is 0 Å². The lowest BCUT2D eigenvalue weighted by Gasteiger charge is -2.19. The molecule has 0 aliphatic heterocycles. The van der Waals surface area contributed by atoms with Crippen molar-refractivity contribution in [1.29, 1.82) is 0 Å². The lowest BCUT2D eigenvalue weighted by atomic mass is 9.87. The number of thioether (sulfide) groups is 1. The molecule has 0 aliphatic rings. The zero-order chi connectivity index (χ0) is 18.4. The highest BCUT2D eigenvalue weighted by atomic mass is 32.2. The number of rotatable bonds is 7. The Morgan fingerprint density at radius 3 is 2.60 bits per heavy atom. The van der Waals surface area contributed by atoms with Crippen LogP contribution in [0.3, 0.4) is 0 Å². The lowest BCUT2D eigenvalue weighted by Crippen LogP contribution is -2.23. The number of amides is 1. The largest absolute Gasteiger partial charge is 0.383 e. The molecule has 0 fully saturated rings. The predicted octanol–water partition coefficient (Wildman–Crippen LogP) is 3.34. The van der Waals surface area contributed by atoms with Gasteiger partial charge in [0.1, 0.15) is 6.33 Å². The molecular formula is C18H26N4O2S. The van der Waals surface area contributed by atoms with Crippen molar-refractivity contribution in [3.05, 3.63) is 36.2 Å². The van der Waals surface area contributed by atoms with Crippen LogP contribution in [0.5, 0.6) is 0 Å². The number of aromatic nitrogens is 3. The van der Waals surface area contributed by atoms with Gasteiger partial charge in [0.05, 0.1) is 11.9 Å². The van der Waals surface area contributed by atoms with E-state index in [0.717, 1.165) is 5.69 Å². The number of carbonyl (C=O) groups excluding carboxylic acids is 1. The van der Waals surface area contributed by atoms with Gasteiger partial charge in [-0.25, -0.2) is 0 Å². The van der Waals surface area contributed by atoms with Gasteiger partial charge in [-0.2, -0.15) is 0 Å². The van der Waals surface area contributed by atoms with E-state index in [2.05, 4.69) is 48.4 Å². The molecule has 1 atom stereocenters. The normalized spacial score (nSPS) is 12.8. The monoisotopic (exact) mass is 362 g/mol.